The summed E-state index contributed by atoms with van der Waals surface area (Å²) in [5.41, 5.74) is 2.71. The highest BCUT2D eigenvalue weighted by Crippen LogP contribution is 2.30. The molecule has 2 rings (SSSR count). The zero-order valence-electron chi connectivity index (χ0n) is 31.0. The summed E-state index contributed by atoms with van der Waals surface area (Å²) >= 11 is 0. The van der Waals surface area contributed by atoms with E-state index >= 15 is 0 Å². The molecule has 0 saturated heterocycles. The van der Waals surface area contributed by atoms with E-state index < -0.39 is 23.4 Å². The van der Waals surface area contributed by atoms with Crippen LogP contribution in [-0.4, -0.2) is 87.2 Å². The Bertz CT molecular complexity index is 1320. The standard InChI is InChI=1S/C38H58N2O9/c1-36(2,3)31-14-12-29(13-15-31)30-25-28(26-32(27-30)47-24-23-46-22-21-45-20-19-44-18-10-17-41)11-16-33(39-34(42)48-37(4,5)6)40-35(43)49-38(7,8)9/h12-15,25-27,41H,10-11,16-24H2,1-9H3,(H,39,40,42,43). The summed E-state index contributed by atoms with van der Waals surface area (Å²) in [6, 6.07) is 14.5. The first-order valence-corrected chi connectivity index (χ1v) is 17.0. The van der Waals surface area contributed by atoms with Gasteiger partial charge in [0.05, 0.1) is 33.0 Å². The lowest BCUT2D eigenvalue weighted by Crippen LogP contribution is -2.37. The third-order valence-corrected chi connectivity index (χ3v) is 6.65. The van der Waals surface area contributed by atoms with Gasteiger partial charge in [-0.15, -0.1) is 0 Å². The Morgan fingerprint density at radius 2 is 1.29 bits per heavy atom. The number of rotatable bonds is 17. The van der Waals surface area contributed by atoms with Crippen LogP contribution in [0.25, 0.3) is 11.1 Å². The molecule has 0 radical (unpaired) electrons. The van der Waals surface area contributed by atoms with E-state index in [9.17, 15) is 9.59 Å². The molecule has 0 aliphatic rings. The summed E-state index contributed by atoms with van der Waals surface area (Å²) in [4.78, 5) is 29.3. The summed E-state index contributed by atoms with van der Waals surface area (Å²) < 4.78 is 33.4. The van der Waals surface area contributed by atoms with Crippen molar-refractivity contribution in [1.82, 2.24) is 5.32 Å². The van der Waals surface area contributed by atoms with Crippen molar-refractivity contribution < 1.29 is 43.1 Å². The van der Waals surface area contributed by atoms with Gasteiger partial charge in [0.2, 0.25) is 0 Å². The number of ether oxygens (including phenoxy) is 6. The number of carbonyl (C=O) groups is 2. The maximum Gasteiger partial charge on any atom is 0.435 e. The van der Waals surface area contributed by atoms with E-state index in [4.69, 9.17) is 33.5 Å². The summed E-state index contributed by atoms with van der Waals surface area (Å²) in [6.07, 6.45) is -0.208. The monoisotopic (exact) mass is 686 g/mol. The van der Waals surface area contributed by atoms with Crippen molar-refractivity contribution in [2.24, 2.45) is 4.99 Å². The van der Waals surface area contributed by atoms with Gasteiger partial charge >= 0.3 is 12.2 Å². The Morgan fingerprint density at radius 3 is 1.84 bits per heavy atom. The third kappa shape index (κ3) is 18.7. The van der Waals surface area contributed by atoms with Crippen LogP contribution < -0.4 is 10.1 Å². The van der Waals surface area contributed by atoms with Gasteiger partial charge in [0, 0.05) is 19.6 Å². The van der Waals surface area contributed by atoms with Crippen LogP contribution in [-0.2, 0) is 35.5 Å². The number of hydrogen-bond acceptors (Lipinski definition) is 9. The molecule has 0 aliphatic carbocycles. The summed E-state index contributed by atoms with van der Waals surface area (Å²) in [6.45, 7) is 20.2. The minimum absolute atomic E-state index is 0.0266. The molecule has 0 heterocycles. The largest absolute Gasteiger partial charge is 0.491 e. The van der Waals surface area contributed by atoms with Crippen molar-refractivity contribution in [2.75, 3.05) is 52.9 Å². The normalized spacial score (nSPS) is 12.5. The molecule has 0 aromatic heterocycles. The van der Waals surface area contributed by atoms with E-state index in [0.717, 1.165) is 16.7 Å². The smallest absolute Gasteiger partial charge is 0.435 e. The molecule has 2 amide bonds. The van der Waals surface area contributed by atoms with Crippen molar-refractivity contribution in [3.63, 3.8) is 0 Å². The van der Waals surface area contributed by atoms with Crippen LogP contribution in [0.3, 0.4) is 0 Å². The quantitative estimate of drug-likeness (QED) is 0.100. The van der Waals surface area contributed by atoms with Crippen molar-refractivity contribution >= 4 is 18.0 Å². The number of benzene rings is 2. The number of aryl methyl sites for hydroxylation is 1. The molecule has 274 valence electrons. The van der Waals surface area contributed by atoms with Crippen LogP contribution in [0, 0.1) is 0 Å². The van der Waals surface area contributed by atoms with Gasteiger partial charge in [-0.2, -0.15) is 4.99 Å². The molecule has 2 aromatic carbocycles. The molecule has 0 bridgehead atoms. The summed E-state index contributed by atoms with van der Waals surface area (Å²) in [7, 11) is 0. The molecule has 11 nitrogen and oxygen atoms in total. The number of amides is 2. The Balaban J connectivity index is 2.16. The zero-order chi connectivity index (χ0) is 36.5. The number of nitrogens with zero attached hydrogens (tertiary/aromatic N) is 1. The zero-order valence-corrected chi connectivity index (χ0v) is 31.0. The van der Waals surface area contributed by atoms with Gasteiger partial charge in [0.15, 0.2) is 0 Å². The second kappa shape index (κ2) is 20.2. The first-order chi connectivity index (χ1) is 22.9. The number of alkyl carbamates (subject to hydrolysis) is 1. The maximum atomic E-state index is 12.6. The van der Waals surface area contributed by atoms with Crippen LogP contribution in [0.2, 0.25) is 0 Å². The number of aliphatic hydroxyl groups excluding tert-OH is 1. The average Bonchev–Trinajstić information content (AvgIpc) is 2.98. The summed E-state index contributed by atoms with van der Waals surface area (Å²) in [5.74, 6) is 0.802. The van der Waals surface area contributed by atoms with Crippen molar-refractivity contribution in [3.8, 4) is 16.9 Å². The van der Waals surface area contributed by atoms with E-state index in [1.807, 2.05) is 12.1 Å². The molecule has 11 heteroatoms. The van der Waals surface area contributed by atoms with Gasteiger partial charge in [-0.25, -0.2) is 9.59 Å². The van der Waals surface area contributed by atoms with Crippen molar-refractivity contribution in [1.29, 1.82) is 0 Å². The van der Waals surface area contributed by atoms with Crippen LogP contribution in [0.15, 0.2) is 47.5 Å². The average molecular weight is 687 g/mol. The SMILES string of the molecule is CC(C)(C)OC(=O)N=C(CCc1cc(OCCOCCOCCOCCCO)cc(-c2ccc(C(C)(C)C)cc2)c1)NC(=O)OC(C)(C)C. The molecule has 0 spiro atoms. The molecular formula is C38H58N2O9. The minimum Gasteiger partial charge on any atom is -0.491 e. The number of aliphatic imine (C=N–C) groups is 1. The molecule has 0 atom stereocenters. The second-order valence-corrected chi connectivity index (χ2v) is 14.6. The number of aliphatic hydroxyl groups is 1. The molecule has 2 aromatic rings. The van der Waals surface area contributed by atoms with E-state index in [1.54, 1.807) is 41.5 Å². The van der Waals surface area contributed by atoms with Crippen LogP contribution in [0.5, 0.6) is 5.75 Å². The van der Waals surface area contributed by atoms with Gasteiger partial charge in [-0.3, -0.25) is 5.32 Å². The fraction of sp³-hybridized carbons (Fsp3) is 0.605. The first kappa shape index (κ1) is 41.7. The Labute approximate surface area is 292 Å². The number of hydrogen-bond donors (Lipinski definition) is 2. The van der Waals surface area contributed by atoms with Gasteiger partial charge in [-0.05, 0) is 94.2 Å². The van der Waals surface area contributed by atoms with Crippen LogP contribution >= 0.6 is 0 Å². The molecule has 0 aliphatic heterocycles. The Hall–Kier alpha value is -3.51. The minimum atomic E-state index is -0.799. The van der Waals surface area contributed by atoms with Gasteiger partial charge in [0.25, 0.3) is 0 Å². The lowest BCUT2D eigenvalue weighted by atomic mass is 9.86. The van der Waals surface area contributed by atoms with Gasteiger partial charge in [0.1, 0.15) is 29.4 Å². The highest BCUT2D eigenvalue weighted by atomic mass is 16.6. The molecule has 2 N–H and O–H groups in total. The number of nitrogens with one attached hydrogen (secondary N) is 1. The van der Waals surface area contributed by atoms with E-state index in [2.05, 4.69) is 61.4 Å². The topological polar surface area (TPSA) is 134 Å². The predicted molar refractivity (Wildman–Crippen MR) is 192 cm³/mol. The van der Waals surface area contributed by atoms with Crippen LogP contribution in [0.4, 0.5) is 9.59 Å². The van der Waals surface area contributed by atoms with Crippen molar-refractivity contribution in [2.45, 2.75) is 98.2 Å². The summed E-state index contributed by atoms with van der Waals surface area (Å²) in [5, 5.41) is 11.4. The lowest BCUT2D eigenvalue weighted by Gasteiger charge is -2.21. The second-order valence-electron chi connectivity index (χ2n) is 14.6. The van der Waals surface area contributed by atoms with E-state index in [-0.39, 0.29) is 24.3 Å². The molecule has 0 saturated carbocycles. The predicted octanol–water partition coefficient (Wildman–Crippen LogP) is 7.25. The Kier molecular flexibility index (Phi) is 17.2. The highest BCUT2D eigenvalue weighted by molar-refractivity contribution is 6.00. The van der Waals surface area contributed by atoms with E-state index in [1.165, 1.54) is 5.56 Å². The Morgan fingerprint density at radius 1 is 0.714 bits per heavy atom. The first-order valence-electron chi connectivity index (χ1n) is 17.0. The maximum absolute atomic E-state index is 12.6. The molecule has 49 heavy (non-hydrogen) atoms. The van der Waals surface area contributed by atoms with Gasteiger partial charge in [-0.1, -0.05) is 51.1 Å². The van der Waals surface area contributed by atoms with E-state index in [0.29, 0.717) is 64.8 Å². The molecule has 0 fully saturated rings. The van der Waals surface area contributed by atoms with Gasteiger partial charge < -0.3 is 33.5 Å². The fourth-order valence-electron chi connectivity index (χ4n) is 4.37. The number of carbonyl (C=O) groups excluding carboxylic acids is 2. The molecule has 0 unspecified atom stereocenters. The fourth-order valence-corrected chi connectivity index (χ4v) is 4.37. The highest BCUT2D eigenvalue weighted by Gasteiger charge is 2.21. The van der Waals surface area contributed by atoms with Crippen LogP contribution in [0.1, 0.15) is 86.3 Å². The lowest BCUT2D eigenvalue weighted by molar-refractivity contribution is 0.00752. The molecular weight excluding hydrogens is 628 g/mol. The van der Waals surface area contributed by atoms with Crippen molar-refractivity contribution in [3.05, 3.63) is 53.6 Å². The number of amidine groups is 1. The third-order valence-electron chi connectivity index (χ3n) is 6.65.